The summed E-state index contributed by atoms with van der Waals surface area (Å²) in [6.45, 7) is 0. The van der Waals surface area contributed by atoms with Crippen molar-refractivity contribution in [3.63, 3.8) is 0 Å². The Kier molecular flexibility index (Phi) is 3.25. The van der Waals surface area contributed by atoms with Gasteiger partial charge in [0, 0.05) is 52.2 Å². The van der Waals surface area contributed by atoms with Gasteiger partial charge >= 0.3 is 0 Å². The third kappa shape index (κ3) is 2.02. The lowest BCUT2D eigenvalue weighted by atomic mass is 9.97. The van der Waals surface area contributed by atoms with Crippen LogP contribution in [0.5, 0.6) is 0 Å². The Balaban J connectivity index is 1.60. The molecular formula is C30H16S2. The molecule has 2 aliphatic rings. The predicted molar refractivity (Wildman–Crippen MR) is 140 cm³/mol. The molecule has 0 atom stereocenters. The number of rotatable bonds is 0. The molecule has 4 aromatic carbocycles. The minimum atomic E-state index is 1.37. The highest BCUT2D eigenvalue weighted by atomic mass is 32.1. The van der Waals surface area contributed by atoms with E-state index in [1.165, 1.54) is 74.5 Å². The zero-order chi connectivity index (χ0) is 20.8. The van der Waals surface area contributed by atoms with Crippen LogP contribution < -0.4 is 0 Å². The van der Waals surface area contributed by atoms with Crippen LogP contribution in [0.4, 0.5) is 0 Å². The Morgan fingerprint density at radius 1 is 0.375 bits per heavy atom. The van der Waals surface area contributed by atoms with Crippen molar-refractivity contribution in [2.24, 2.45) is 0 Å². The highest BCUT2D eigenvalue weighted by Gasteiger charge is 2.36. The molecule has 2 heterocycles. The number of hydrogen-bond acceptors (Lipinski definition) is 2. The van der Waals surface area contributed by atoms with Crippen molar-refractivity contribution in [2.45, 2.75) is 0 Å². The van der Waals surface area contributed by atoms with E-state index in [0.717, 1.165) is 0 Å². The number of fused-ring (bicyclic) bond motifs is 10. The number of thiophene rings is 2. The molecular weight excluding hydrogens is 424 g/mol. The van der Waals surface area contributed by atoms with Crippen molar-refractivity contribution in [2.75, 3.05) is 0 Å². The molecule has 0 radical (unpaired) electrons. The summed E-state index contributed by atoms with van der Waals surface area (Å²) in [6.07, 6.45) is 0. The molecule has 0 amide bonds. The van der Waals surface area contributed by atoms with Gasteiger partial charge in [0.05, 0.1) is 0 Å². The minimum absolute atomic E-state index is 1.37. The van der Waals surface area contributed by atoms with Crippen LogP contribution in [0, 0.1) is 0 Å². The van der Waals surface area contributed by atoms with Crippen LogP contribution in [0.1, 0.15) is 20.9 Å². The van der Waals surface area contributed by atoms with Crippen molar-refractivity contribution < 1.29 is 0 Å². The zero-order valence-electron chi connectivity index (χ0n) is 17.1. The average Bonchev–Trinajstić information content (AvgIpc) is 3.55. The van der Waals surface area contributed by atoms with Crippen LogP contribution >= 0.6 is 22.7 Å². The van der Waals surface area contributed by atoms with Crippen molar-refractivity contribution in [1.29, 1.82) is 0 Å². The molecule has 0 bridgehead atoms. The molecule has 0 unspecified atom stereocenters. The SMILES string of the molecule is c1ccc2c(c1)/C(=C1/c3ccccc3-c3c1sc1ccccc31)c1sc3ccccc3c1-2. The maximum Gasteiger partial charge on any atom is 0.0447 e. The standard InChI is InChI=1S/C30H16S2/c1-3-11-19-17(9-1)25-21-13-5-7-15-23(21)31-29(25)27(19)28-20-12-4-2-10-18(20)26-22-14-6-8-16-24(22)32-30(26)28/h1-16H/b28-27+. The minimum Gasteiger partial charge on any atom is -0.134 e. The van der Waals surface area contributed by atoms with E-state index in [2.05, 4.69) is 97.1 Å². The summed E-state index contributed by atoms with van der Waals surface area (Å²) >= 11 is 3.88. The zero-order valence-corrected chi connectivity index (χ0v) is 18.7. The molecule has 2 aromatic heterocycles. The topological polar surface area (TPSA) is 0 Å². The molecule has 32 heavy (non-hydrogen) atoms. The van der Waals surface area contributed by atoms with Gasteiger partial charge in [-0.15, -0.1) is 22.7 Å². The molecule has 2 heteroatoms. The quantitative estimate of drug-likeness (QED) is 0.221. The van der Waals surface area contributed by atoms with Crippen LogP contribution in [0.3, 0.4) is 0 Å². The normalized spacial score (nSPS) is 15.8. The number of hydrogen-bond donors (Lipinski definition) is 0. The van der Waals surface area contributed by atoms with Crippen molar-refractivity contribution in [3.05, 3.63) is 118 Å². The molecule has 0 N–H and O–H groups in total. The third-order valence-corrected chi connectivity index (χ3v) is 9.20. The van der Waals surface area contributed by atoms with Crippen LogP contribution in [0.2, 0.25) is 0 Å². The second-order valence-corrected chi connectivity index (χ2v) is 10.6. The first kappa shape index (κ1) is 17.1. The van der Waals surface area contributed by atoms with Crippen LogP contribution in [0.15, 0.2) is 97.1 Å². The van der Waals surface area contributed by atoms with E-state index in [1.807, 2.05) is 22.7 Å². The fraction of sp³-hybridized carbons (Fsp3) is 0. The summed E-state index contributed by atoms with van der Waals surface area (Å²) in [6, 6.07) is 35.7. The summed E-state index contributed by atoms with van der Waals surface area (Å²) in [5.74, 6) is 0. The van der Waals surface area contributed by atoms with E-state index >= 15 is 0 Å². The van der Waals surface area contributed by atoms with Crippen molar-refractivity contribution in [1.82, 2.24) is 0 Å². The van der Waals surface area contributed by atoms with Gasteiger partial charge in [0.2, 0.25) is 0 Å². The maximum absolute atomic E-state index is 2.31. The summed E-state index contributed by atoms with van der Waals surface area (Å²) in [5, 5.41) is 2.75. The van der Waals surface area contributed by atoms with E-state index in [4.69, 9.17) is 0 Å². The Morgan fingerprint density at radius 2 is 0.750 bits per heavy atom. The molecule has 0 saturated carbocycles. The molecule has 0 aliphatic heterocycles. The van der Waals surface area contributed by atoms with Crippen LogP contribution in [0.25, 0.3) is 53.6 Å². The fourth-order valence-corrected chi connectivity index (χ4v) is 8.12. The van der Waals surface area contributed by atoms with Gasteiger partial charge in [-0.2, -0.15) is 0 Å². The van der Waals surface area contributed by atoms with Crippen LogP contribution in [-0.2, 0) is 0 Å². The van der Waals surface area contributed by atoms with Gasteiger partial charge in [0.1, 0.15) is 0 Å². The maximum atomic E-state index is 2.31. The summed E-state index contributed by atoms with van der Waals surface area (Å²) < 4.78 is 2.74. The Hall–Kier alpha value is -3.46. The van der Waals surface area contributed by atoms with Gasteiger partial charge in [-0.1, -0.05) is 84.9 Å². The summed E-state index contributed by atoms with van der Waals surface area (Å²) in [7, 11) is 0. The Labute approximate surface area is 193 Å². The van der Waals surface area contributed by atoms with E-state index in [0.29, 0.717) is 0 Å². The average molecular weight is 441 g/mol. The predicted octanol–water partition coefficient (Wildman–Crippen LogP) is 9.08. The lowest BCUT2D eigenvalue weighted by Gasteiger charge is -2.09. The molecule has 6 aromatic rings. The second kappa shape index (κ2) is 6.07. The first-order valence-corrected chi connectivity index (χ1v) is 12.5. The van der Waals surface area contributed by atoms with Gasteiger partial charge in [-0.3, -0.25) is 0 Å². The highest BCUT2D eigenvalue weighted by molar-refractivity contribution is 7.22. The smallest absolute Gasteiger partial charge is 0.0447 e. The van der Waals surface area contributed by atoms with Crippen molar-refractivity contribution >= 4 is 54.0 Å². The molecule has 0 nitrogen and oxygen atoms in total. The molecule has 0 fully saturated rings. The van der Waals surface area contributed by atoms with E-state index < -0.39 is 0 Å². The molecule has 0 saturated heterocycles. The number of benzene rings is 4. The fourth-order valence-electron chi connectivity index (χ4n) is 5.56. The summed E-state index contributed by atoms with van der Waals surface area (Å²) in [4.78, 5) is 2.84. The first-order valence-electron chi connectivity index (χ1n) is 10.9. The Bertz CT molecular complexity index is 1640. The van der Waals surface area contributed by atoms with Gasteiger partial charge in [-0.05, 0) is 34.4 Å². The Morgan fingerprint density at radius 3 is 1.22 bits per heavy atom. The van der Waals surface area contributed by atoms with Gasteiger partial charge < -0.3 is 0 Å². The first-order chi connectivity index (χ1) is 15.9. The van der Waals surface area contributed by atoms with E-state index in [-0.39, 0.29) is 0 Å². The van der Waals surface area contributed by atoms with Gasteiger partial charge in [0.15, 0.2) is 0 Å². The monoisotopic (exact) mass is 440 g/mol. The van der Waals surface area contributed by atoms with E-state index in [1.54, 1.807) is 0 Å². The van der Waals surface area contributed by atoms with Gasteiger partial charge in [-0.25, -0.2) is 0 Å². The van der Waals surface area contributed by atoms with E-state index in [9.17, 15) is 0 Å². The largest absolute Gasteiger partial charge is 0.134 e. The summed E-state index contributed by atoms with van der Waals surface area (Å²) in [5.41, 5.74) is 11.1. The second-order valence-electron chi connectivity index (χ2n) is 8.45. The molecule has 8 rings (SSSR count). The molecule has 2 aliphatic carbocycles. The molecule has 148 valence electrons. The lowest BCUT2D eigenvalue weighted by molar-refractivity contribution is 1.64. The van der Waals surface area contributed by atoms with Crippen molar-refractivity contribution in [3.8, 4) is 22.3 Å². The molecule has 0 spiro atoms. The third-order valence-electron chi connectivity index (χ3n) is 6.83. The highest BCUT2D eigenvalue weighted by Crippen LogP contribution is 2.60. The lowest BCUT2D eigenvalue weighted by Crippen LogP contribution is -1.88. The van der Waals surface area contributed by atoms with Crippen LogP contribution in [-0.4, -0.2) is 0 Å². The van der Waals surface area contributed by atoms with Gasteiger partial charge in [0.25, 0.3) is 0 Å².